The van der Waals surface area contributed by atoms with Crippen LogP contribution in [0, 0.1) is 0 Å². The minimum atomic E-state index is 0.0236. The number of nitrogen functional groups attached to an aromatic ring is 1. The predicted molar refractivity (Wildman–Crippen MR) is 71.0 cm³/mol. The minimum Gasteiger partial charge on any atom is -0.366 e. The van der Waals surface area contributed by atoms with Gasteiger partial charge in [0, 0.05) is 12.8 Å². The van der Waals surface area contributed by atoms with E-state index in [-0.39, 0.29) is 36.1 Å². The van der Waals surface area contributed by atoms with E-state index in [1.807, 2.05) is 0 Å². The monoisotopic (exact) mass is 276 g/mol. The number of fused-ring (bicyclic) bond motifs is 1. The normalized spacial score (nSPS) is 10.9. The van der Waals surface area contributed by atoms with E-state index in [1.165, 1.54) is 4.52 Å². The fraction of sp³-hybridized carbons (Fsp3) is 0.500. The van der Waals surface area contributed by atoms with Crippen molar-refractivity contribution in [1.82, 2.24) is 24.8 Å². The van der Waals surface area contributed by atoms with E-state index in [0.717, 1.165) is 0 Å². The van der Waals surface area contributed by atoms with Gasteiger partial charge in [0.25, 0.3) is 5.78 Å². The van der Waals surface area contributed by atoms with E-state index >= 15 is 0 Å². The highest BCUT2D eigenvalue weighted by atomic mass is 16.1. The van der Waals surface area contributed by atoms with Crippen molar-refractivity contribution in [3.05, 3.63) is 11.4 Å². The number of carbonyl (C=O) groups excluding carboxylic acids is 2. The topological polar surface area (TPSA) is 116 Å². The molecule has 2 heterocycles. The average molecular weight is 276 g/mol. The molecule has 2 rings (SSSR count). The first-order chi connectivity index (χ1) is 9.55. The zero-order valence-corrected chi connectivity index (χ0v) is 11.5. The van der Waals surface area contributed by atoms with Gasteiger partial charge in [-0.15, -0.1) is 10.2 Å². The first kappa shape index (κ1) is 14.0. The molecule has 2 N–H and O–H groups in total. The van der Waals surface area contributed by atoms with E-state index in [0.29, 0.717) is 24.2 Å². The van der Waals surface area contributed by atoms with Gasteiger partial charge < -0.3 is 5.73 Å². The number of hydrogen-bond donors (Lipinski definition) is 1. The Morgan fingerprint density at radius 2 is 1.65 bits per heavy atom. The zero-order valence-electron chi connectivity index (χ0n) is 11.5. The minimum absolute atomic E-state index is 0.0236. The summed E-state index contributed by atoms with van der Waals surface area (Å²) >= 11 is 0. The molecule has 0 aliphatic rings. The van der Waals surface area contributed by atoms with E-state index < -0.39 is 0 Å². The number of ketones is 2. The highest BCUT2D eigenvalue weighted by molar-refractivity contribution is 5.82. The van der Waals surface area contributed by atoms with Gasteiger partial charge in [0.2, 0.25) is 5.95 Å². The maximum absolute atomic E-state index is 11.6. The smallest absolute Gasteiger partial charge is 0.273 e. The Labute approximate surface area is 115 Å². The molecular weight excluding hydrogens is 260 g/mol. The van der Waals surface area contributed by atoms with E-state index in [4.69, 9.17) is 5.73 Å². The number of aromatic nitrogens is 5. The maximum Gasteiger partial charge on any atom is 0.273 e. The zero-order chi connectivity index (χ0) is 14.7. The largest absolute Gasteiger partial charge is 0.366 e. The van der Waals surface area contributed by atoms with Gasteiger partial charge in [0.1, 0.15) is 11.6 Å². The van der Waals surface area contributed by atoms with Crippen LogP contribution in [0.5, 0.6) is 0 Å². The van der Waals surface area contributed by atoms with Gasteiger partial charge in [-0.2, -0.15) is 9.61 Å². The molecule has 0 unspecified atom stereocenters. The molecule has 2 aromatic rings. The van der Waals surface area contributed by atoms with Crippen molar-refractivity contribution < 1.29 is 9.59 Å². The Bertz CT molecular complexity index is 663. The van der Waals surface area contributed by atoms with Gasteiger partial charge >= 0.3 is 0 Å². The van der Waals surface area contributed by atoms with Crippen molar-refractivity contribution in [3.63, 3.8) is 0 Å². The molecule has 2 aromatic heterocycles. The molecule has 8 heteroatoms. The molecule has 0 aromatic carbocycles. The summed E-state index contributed by atoms with van der Waals surface area (Å²) in [6.07, 6.45) is 1.07. The van der Waals surface area contributed by atoms with Crippen LogP contribution < -0.4 is 5.73 Å². The Kier molecular flexibility index (Phi) is 4.02. The second-order valence-corrected chi connectivity index (χ2v) is 4.41. The van der Waals surface area contributed by atoms with Crippen molar-refractivity contribution >= 4 is 23.3 Å². The lowest BCUT2D eigenvalue weighted by Gasteiger charge is -2.06. The van der Waals surface area contributed by atoms with Crippen molar-refractivity contribution in [3.8, 4) is 0 Å². The van der Waals surface area contributed by atoms with Crippen LogP contribution >= 0.6 is 0 Å². The molecule has 0 atom stereocenters. The molecule has 0 aliphatic heterocycles. The molecule has 0 fully saturated rings. The van der Waals surface area contributed by atoms with Crippen LogP contribution in [0.4, 0.5) is 5.95 Å². The number of anilines is 1. The molecule has 0 spiro atoms. The highest BCUT2D eigenvalue weighted by Gasteiger charge is 2.16. The third-order valence-corrected chi connectivity index (χ3v) is 2.96. The predicted octanol–water partition coefficient (Wildman–Crippen LogP) is 0.145. The average Bonchev–Trinajstić information content (AvgIpc) is 2.79. The number of nitrogens with zero attached hydrogens (tertiary/aromatic N) is 5. The highest BCUT2D eigenvalue weighted by Crippen LogP contribution is 2.11. The summed E-state index contributed by atoms with van der Waals surface area (Å²) in [4.78, 5) is 27.5. The fourth-order valence-electron chi connectivity index (χ4n) is 1.71. The summed E-state index contributed by atoms with van der Waals surface area (Å²) in [7, 11) is 0. The lowest BCUT2D eigenvalue weighted by Crippen LogP contribution is -2.15. The number of rotatable bonds is 6. The molecule has 0 amide bonds. The van der Waals surface area contributed by atoms with Crippen molar-refractivity contribution in [1.29, 1.82) is 0 Å². The number of nitrogens with two attached hydrogens (primary N) is 1. The fourth-order valence-corrected chi connectivity index (χ4v) is 1.71. The summed E-state index contributed by atoms with van der Waals surface area (Å²) in [6.45, 7) is 3.55. The summed E-state index contributed by atoms with van der Waals surface area (Å²) in [5.41, 5.74) is 6.55. The Morgan fingerprint density at radius 1 is 1.05 bits per heavy atom. The van der Waals surface area contributed by atoms with Gasteiger partial charge in [0.05, 0.1) is 24.2 Å². The van der Waals surface area contributed by atoms with E-state index in [1.54, 1.807) is 13.8 Å². The van der Waals surface area contributed by atoms with Crippen LogP contribution in [0.15, 0.2) is 0 Å². The van der Waals surface area contributed by atoms with Crippen LogP contribution in [0.1, 0.15) is 38.1 Å². The first-order valence-corrected chi connectivity index (χ1v) is 6.45. The first-order valence-electron chi connectivity index (χ1n) is 6.45. The van der Waals surface area contributed by atoms with Crippen LogP contribution in [-0.4, -0.2) is 36.4 Å². The third-order valence-electron chi connectivity index (χ3n) is 2.96. The number of hydrogen-bond acceptors (Lipinski definition) is 7. The molecule has 0 saturated carbocycles. The Morgan fingerprint density at radius 3 is 2.25 bits per heavy atom. The second-order valence-electron chi connectivity index (χ2n) is 4.41. The molecule has 0 aliphatic carbocycles. The summed E-state index contributed by atoms with van der Waals surface area (Å²) < 4.78 is 1.28. The van der Waals surface area contributed by atoms with Gasteiger partial charge in [-0.25, -0.2) is 4.98 Å². The molecule has 0 radical (unpaired) electrons. The molecule has 0 saturated heterocycles. The van der Waals surface area contributed by atoms with Crippen LogP contribution in [0.2, 0.25) is 0 Å². The summed E-state index contributed by atoms with van der Waals surface area (Å²) in [5.74, 6) is 0.386. The Hall–Kier alpha value is -2.38. The molecule has 8 nitrogen and oxygen atoms in total. The molecule has 106 valence electrons. The molecule has 0 bridgehead atoms. The van der Waals surface area contributed by atoms with E-state index in [2.05, 4.69) is 20.3 Å². The lowest BCUT2D eigenvalue weighted by atomic mass is 10.1. The van der Waals surface area contributed by atoms with Gasteiger partial charge in [-0.3, -0.25) is 9.59 Å². The maximum atomic E-state index is 11.6. The van der Waals surface area contributed by atoms with Crippen LogP contribution in [-0.2, 0) is 22.4 Å². The van der Waals surface area contributed by atoms with Crippen molar-refractivity contribution in [2.75, 3.05) is 5.73 Å². The number of Topliss-reactive ketones (excluding diaryl/α,β-unsaturated/α-hetero) is 2. The van der Waals surface area contributed by atoms with Gasteiger partial charge in [-0.1, -0.05) is 13.8 Å². The second kappa shape index (κ2) is 5.72. The molecular formula is C12H16N6O2. The summed E-state index contributed by atoms with van der Waals surface area (Å²) in [6, 6.07) is 0. The lowest BCUT2D eigenvalue weighted by molar-refractivity contribution is -0.119. The van der Waals surface area contributed by atoms with Crippen molar-refractivity contribution in [2.24, 2.45) is 0 Å². The van der Waals surface area contributed by atoms with Gasteiger partial charge in [-0.05, 0) is 0 Å². The third kappa shape index (κ3) is 2.79. The van der Waals surface area contributed by atoms with Gasteiger partial charge in [0.15, 0.2) is 0 Å². The standard InChI is InChI=1S/C12H16N6O2/c1-3-7(19)5-9-10(6-8(20)4-2)17-18-11(13)15-16-12(18)14-9/h3-6H2,1-2H3,(H2,13,15). The SMILES string of the molecule is CCC(=O)Cc1nc2nnc(N)n2nc1CC(=O)CC. The van der Waals surface area contributed by atoms with E-state index in [9.17, 15) is 9.59 Å². The summed E-state index contributed by atoms with van der Waals surface area (Å²) in [5, 5.41) is 11.7. The quantitative estimate of drug-likeness (QED) is 0.797. The van der Waals surface area contributed by atoms with Crippen LogP contribution in [0.25, 0.3) is 5.78 Å². The number of carbonyl (C=O) groups is 2. The Balaban J connectivity index is 2.47. The molecule has 20 heavy (non-hydrogen) atoms. The van der Waals surface area contributed by atoms with Crippen molar-refractivity contribution in [2.45, 2.75) is 39.5 Å². The van der Waals surface area contributed by atoms with Crippen LogP contribution in [0.3, 0.4) is 0 Å².